The van der Waals surface area contributed by atoms with E-state index in [-0.39, 0.29) is 17.4 Å². The summed E-state index contributed by atoms with van der Waals surface area (Å²) in [7, 11) is 0. The standard InChI is InChI=1S/C21H24BrFN4O/c22-18-12-27(11-13-1-3-17(23)4-2-13)26-19(18)24-20(28)25-21-8-14-5-15(9-21)7-16(6-14)10-21/h1-4,12,14-16H,5-11H2,(H2,24,25,26,28). The fraction of sp³-hybridized carbons (Fsp3) is 0.524. The van der Waals surface area contributed by atoms with Crippen molar-refractivity contribution in [2.24, 2.45) is 17.8 Å². The molecule has 4 saturated carbocycles. The Kier molecular flexibility index (Phi) is 4.45. The van der Waals surface area contributed by atoms with E-state index in [1.165, 1.54) is 31.4 Å². The highest BCUT2D eigenvalue weighted by atomic mass is 79.9. The van der Waals surface area contributed by atoms with Gasteiger partial charge >= 0.3 is 6.03 Å². The second-order valence-electron chi connectivity index (χ2n) is 8.93. The fourth-order valence-corrected chi connectivity index (χ4v) is 6.40. The second-order valence-corrected chi connectivity index (χ2v) is 9.78. The third kappa shape index (κ3) is 3.56. The van der Waals surface area contributed by atoms with Gasteiger partial charge in [-0.1, -0.05) is 12.1 Å². The molecule has 2 amide bonds. The molecule has 2 aromatic rings. The van der Waals surface area contributed by atoms with E-state index in [4.69, 9.17) is 0 Å². The highest BCUT2D eigenvalue weighted by Gasteiger charge is 2.51. The van der Waals surface area contributed by atoms with E-state index in [2.05, 4.69) is 31.7 Å². The van der Waals surface area contributed by atoms with Crippen LogP contribution in [0.1, 0.15) is 44.1 Å². The van der Waals surface area contributed by atoms with Gasteiger partial charge in [0.15, 0.2) is 5.82 Å². The monoisotopic (exact) mass is 446 g/mol. The molecule has 4 fully saturated rings. The number of urea groups is 1. The van der Waals surface area contributed by atoms with Crippen molar-refractivity contribution < 1.29 is 9.18 Å². The largest absolute Gasteiger partial charge is 0.332 e. The average molecular weight is 447 g/mol. The molecule has 4 bridgehead atoms. The minimum absolute atomic E-state index is 0.0258. The molecule has 6 rings (SSSR count). The molecule has 28 heavy (non-hydrogen) atoms. The molecule has 2 N–H and O–H groups in total. The van der Waals surface area contributed by atoms with Gasteiger partial charge in [-0.3, -0.25) is 10.00 Å². The van der Waals surface area contributed by atoms with E-state index in [0.717, 1.165) is 47.1 Å². The summed E-state index contributed by atoms with van der Waals surface area (Å²) in [6.45, 7) is 0.511. The Morgan fingerprint density at radius 2 is 1.75 bits per heavy atom. The third-order valence-electron chi connectivity index (χ3n) is 6.62. The van der Waals surface area contributed by atoms with Gasteiger partial charge < -0.3 is 5.32 Å². The molecule has 0 spiro atoms. The van der Waals surface area contributed by atoms with Gasteiger partial charge in [0.05, 0.1) is 11.0 Å². The van der Waals surface area contributed by atoms with Crippen LogP contribution < -0.4 is 10.6 Å². The van der Waals surface area contributed by atoms with Crippen LogP contribution in [0.2, 0.25) is 0 Å². The van der Waals surface area contributed by atoms with Crippen LogP contribution in [0.15, 0.2) is 34.9 Å². The summed E-state index contributed by atoms with van der Waals surface area (Å²) < 4.78 is 15.5. The summed E-state index contributed by atoms with van der Waals surface area (Å²) >= 11 is 3.48. The lowest BCUT2D eigenvalue weighted by atomic mass is 9.53. The lowest BCUT2D eigenvalue weighted by Gasteiger charge is -2.56. The SMILES string of the molecule is O=C(Nc1nn(Cc2ccc(F)cc2)cc1Br)NC12CC3CC(CC(C3)C1)C2. The number of rotatable bonds is 4. The van der Waals surface area contributed by atoms with E-state index in [1.807, 2.05) is 6.20 Å². The smallest absolute Gasteiger partial charge is 0.320 e. The Balaban J connectivity index is 1.24. The van der Waals surface area contributed by atoms with Crippen molar-refractivity contribution in [2.75, 3.05) is 5.32 Å². The van der Waals surface area contributed by atoms with E-state index in [0.29, 0.717) is 12.4 Å². The molecular weight excluding hydrogens is 423 g/mol. The van der Waals surface area contributed by atoms with Gasteiger partial charge in [-0.25, -0.2) is 9.18 Å². The molecule has 4 aliphatic rings. The minimum Gasteiger partial charge on any atom is -0.332 e. The first kappa shape index (κ1) is 18.2. The Morgan fingerprint density at radius 1 is 1.14 bits per heavy atom. The van der Waals surface area contributed by atoms with Gasteiger partial charge in [0.25, 0.3) is 0 Å². The number of nitrogens with one attached hydrogen (secondary N) is 2. The van der Waals surface area contributed by atoms with Crippen LogP contribution in [0.4, 0.5) is 15.0 Å². The molecule has 0 unspecified atom stereocenters. The van der Waals surface area contributed by atoms with Crippen LogP contribution in [0.3, 0.4) is 0 Å². The van der Waals surface area contributed by atoms with E-state index in [9.17, 15) is 9.18 Å². The first-order chi connectivity index (χ1) is 13.5. The fourth-order valence-electron chi connectivity index (χ4n) is 5.98. The Morgan fingerprint density at radius 3 is 2.36 bits per heavy atom. The zero-order valence-corrected chi connectivity index (χ0v) is 17.2. The molecular formula is C21H24BrFN4O. The second kappa shape index (κ2) is 6.87. The van der Waals surface area contributed by atoms with E-state index in [1.54, 1.807) is 16.8 Å². The van der Waals surface area contributed by atoms with Crippen LogP contribution in [0, 0.1) is 23.6 Å². The molecule has 1 aromatic heterocycles. The summed E-state index contributed by atoms with van der Waals surface area (Å²) in [5, 5.41) is 10.7. The van der Waals surface area contributed by atoms with Crippen molar-refractivity contribution in [3.63, 3.8) is 0 Å². The van der Waals surface area contributed by atoms with Crippen molar-refractivity contribution in [1.29, 1.82) is 0 Å². The maximum atomic E-state index is 13.1. The normalized spacial score (nSPS) is 30.4. The molecule has 1 aromatic carbocycles. The zero-order chi connectivity index (χ0) is 19.3. The molecule has 0 radical (unpaired) electrons. The molecule has 0 atom stereocenters. The first-order valence-electron chi connectivity index (χ1n) is 10.0. The molecule has 5 nitrogen and oxygen atoms in total. The summed E-state index contributed by atoms with van der Waals surface area (Å²) in [5.74, 6) is 2.60. The van der Waals surface area contributed by atoms with Crippen molar-refractivity contribution in [1.82, 2.24) is 15.1 Å². The summed E-state index contributed by atoms with van der Waals surface area (Å²) in [6, 6.07) is 6.17. The number of carbonyl (C=O) groups excluding carboxylic acids is 1. The number of hydrogen-bond acceptors (Lipinski definition) is 2. The third-order valence-corrected chi connectivity index (χ3v) is 7.20. The van der Waals surface area contributed by atoms with Crippen LogP contribution in [0.5, 0.6) is 0 Å². The van der Waals surface area contributed by atoms with E-state index >= 15 is 0 Å². The van der Waals surface area contributed by atoms with Crippen molar-refractivity contribution in [3.05, 3.63) is 46.3 Å². The van der Waals surface area contributed by atoms with Crippen LogP contribution in [-0.4, -0.2) is 21.4 Å². The molecule has 0 saturated heterocycles. The number of nitrogens with zero attached hydrogens (tertiary/aromatic N) is 2. The van der Waals surface area contributed by atoms with Crippen molar-refractivity contribution in [3.8, 4) is 0 Å². The number of aromatic nitrogens is 2. The number of hydrogen-bond donors (Lipinski definition) is 2. The summed E-state index contributed by atoms with van der Waals surface area (Å²) in [6.07, 6.45) is 9.22. The predicted octanol–water partition coefficient (Wildman–Crippen LogP) is 4.92. The van der Waals surface area contributed by atoms with E-state index < -0.39 is 0 Å². The van der Waals surface area contributed by atoms with Gasteiger partial charge in [0, 0.05) is 11.7 Å². The highest BCUT2D eigenvalue weighted by molar-refractivity contribution is 9.10. The van der Waals surface area contributed by atoms with Gasteiger partial charge in [0.2, 0.25) is 0 Å². The van der Waals surface area contributed by atoms with Crippen molar-refractivity contribution in [2.45, 2.75) is 50.6 Å². The average Bonchev–Trinajstić information content (AvgIpc) is 2.94. The van der Waals surface area contributed by atoms with Gasteiger partial charge in [-0.05, 0) is 89.9 Å². The molecule has 148 valence electrons. The highest BCUT2D eigenvalue weighted by Crippen LogP contribution is 2.55. The predicted molar refractivity (Wildman–Crippen MR) is 108 cm³/mol. The van der Waals surface area contributed by atoms with Crippen LogP contribution in [-0.2, 0) is 6.54 Å². The lowest BCUT2D eigenvalue weighted by molar-refractivity contribution is -0.0127. The van der Waals surface area contributed by atoms with Gasteiger partial charge in [-0.2, -0.15) is 5.10 Å². The Bertz CT molecular complexity index is 859. The molecule has 4 aliphatic carbocycles. The molecule has 0 aliphatic heterocycles. The van der Waals surface area contributed by atoms with Gasteiger partial charge in [-0.15, -0.1) is 0 Å². The van der Waals surface area contributed by atoms with Gasteiger partial charge in [0.1, 0.15) is 5.82 Å². The lowest BCUT2D eigenvalue weighted by Crippen LogP contribution is -2.60. The Hall–Kier alpha value is -1.89. The van der Waals surface area contributed by atoms with Crippen LogP contribution >= 0.6 is 15.9 Å². The van der Waals surface area contributed by atoms with Crippen LogP contribution in [0.25, 0.3) is 0 Å². The molecule has 1 heterocycles. The quantitative estimate of drug-likeness (QED) is 0.699. The number of benzene rings is 1. The zero-order valence-electron chi connectivity index (χ0n) is 15.6. The Labute approximate surface area is 172 Å². The number of anilines is 1. The number of amides is 2. The summed E-state index contributed by atoms with van der Waals surface area (Å²) in [5.41, 5.74) is 0.920. The number of carbonyl (C=O) groups is 1. The summed E-state index contributed by atoms with van der Waals surface area (Å²) in [4.78, 5) is 12.7. The topological polar surface area (TPSA) is 59.0 Å². The maximum Gasteiger partial charge on any atom is 0.320 e. The number of halogens is 2. The first-order valence-corrected chi connectivity index (χ1v) is 10.8. The minimum atomic E-state index is -0.255. The maximum absolute atomic E-state index is 13.1. The van der Waals surface area contributed by atoms with Crippen molar-refractivity contribution >= 4 is 27.8 Å². The molecule has 7 heteroatoms.